The molecule has 1 amide bonds. The normalized spacial score (nSPS) is 17.5. The molecule has 1 atom stereocenters. The summed E-state index contributed by atoms with van der Waals surface area (Å²) in [6.07, 6.45) is 0.735. The van der Waals surface area contributed by atoms with E-state index in [-0.39, 0.29) is 12.0 Å². The minimum absolute atomic E-state index is 0.0445. The van der Waals surface area contributed by atoms with E-state index in [4.69, 9.17) is 9.47 Å². The second kappa shape index (κ2) is 6.48. The molecule has 0 saturated carbocycles. The Morgan fingerprint density at radius 3 is 2.59 bits per heavy atom. The highest BCUT2D eigenvalue weighted by Crippen LogP contribution is 2.21. The molecule has 1 heterocycles. The van der Waals surface area contributed by atoms with Crippen LogP contribution in [0, 0.1) is 0 Å². The molecular weight excluding hydrogens is 282 g/mol. The number of rotatable bonds is 4. The van der Waals surface area contributed by atoms with Crippen LogP contribution >= 0.6 is 0 Å². The summed E-state index contributed by atoms with van der Waals surface area (Å²) in [6.45, 7) is 5.54. The number of carbonyl (C=O) groups excluding carboxylic acids is 2. The van der Waals surface area contributed by atoms with Gasteiger partial charge in [-0.25, -0.2) is 0 Å². The highest BCUT2D eigenvalue weighted by Gasteiger charge is 2.35. The van der Waals surface area contributed by atoms with Gasteiger partial charge in [0.25, 0.3) is 5.91 Å². The zero-order valence-corrected chi connectivity index (χ0v) is 13.6. The van der Waals surface area contributed by atoms with Gasteiger partial charge in [-0.2, -0.15) is 0 Å². The number of likely N-dealkylation sites (N-methyl/N-ethyl adjacent to an activating group) is 1. The van der Waals surface area contributed by atoms with Crippen molar-refractivity contribution in [3.05, 3.63) is 35.4 Å². The summed E-state index contributed by atoms with van der Waals surface area (Å²) in [6, 6.07) is 8.17. The lowest BCUT2D eigenvalue weighted by molar-refractivity contribution is -0.168. The van der Waals surface area contributed by atoms with E-state index in [2.05, 4.69) is 12.1 Å². The third-order valence-electron chi connectivity index (χ3n) is 3.78. The predicted molar refractivity (Wildman–Crippen MR) is 82.2 cm³/mol. The molecule has 22 heavy (non-hydrogen) atoms. The van der Waals surface area contributed by atoms with Crippen LogP contribution in [0.3, 0.4) is 0 Å². The topological polar surface area (TPSA) is 55.8 Å². The molecule has 0 aromatic heterocycles. The van der Waals surface area contributed by atoms with Gasteiger partial charge in [0, 0.05) is 26.9 Å². The summed E-state index contributed by atoms with van der Waals surface area (Å²) in [5.41, 5.74) is 1.31. The molecule has 0 spiro atoms. The summed E-state index contributed by atoms with van der Waals surface area (Å²) in [7, 11) is 1.71. The number of hydrogen-bond donors (Lipinski definition) is 0. The van der Waals surface area contributed by atoms with E-state index >= 15 is 0 Å². The molecule has 1 unspecified atom stereocenters. The smallest absolute Gasteiger partial charge is 0.303 e. The number of fused-ring (bicyclic) bond motifs is 1. The highest BCUT2D eigenvalue weighted by atomic mass is 16.6. The van der Waals surface area contributed by atoms with Gasteiger partial charge in [-0.05, 0) is 25.0 Å². The van der Waals surface area contributed by atoms with E-state index in [1.54, 1.807) is 25.8 Å². The lowest BCUT2D eigenvalue weighted by atomic mass is 9.98. The molecule has 0 radical (unpaired) electrons. The number of benzene rings is 1. The van der Waals surface area contributed by atoms with Crippen LogP contribution in [0.2, 0.25) is 0 Å². The van der Waals surface area contributed by atoms with Crippen LogP contribution in [0.5, 0.6) is 0 Å². The molecule has 0 aliphatic carbocycles. The van der Waals surface area contributed by atoms with E-state index in [0.717, 1.165) is 6.42 Å². The third-order valence-corrected chi connectivity index (χ3v) is 3.78. The average Bonchev–Trinajstić information content (AvgIpc) is 2.45. The van der Waals surface area contributed by atoms with Gasteiger partial charge in [-0.15, -0.1) is 0 Å². The summed E-state index contributed by atoms with van der Waals surface area (Å²) < 4.78 is 10.9. The molecule has 0 saturated heterocycles. The number of hydrogen-bond acceptors (Lipinski definition) is 4. The lowest BCUT2D eigenvalue weighted by Crippen LogP contribution is -2.49. The standard InChI is InChI=1S/C17H23NO4/c1-12(19)22-17(2,3)16(20)18(4)10-15-9-13-7-5-6-8-14(13)11-21-15/h5-8,15H,9-11H2,1-4H3. The maximum atomic E-state index is 12.4. The van der Waals surface area contributed by atoms with Crippen LogP contribution < -0.4 is 0 Å². The van der Waals surface area contributed by atoms with Crippen LogP contribution in [0.25, 0.3) is 0 Å². The third kappa shape index (κ3) is 3.85. The van der Waals surface area contributed by atoms with Crippen molar-refractivity contribution < 1.29 is 19.1 Å². The second-order valence-corrected chi connectivity index (χ2v) is 6.20. The largest absolute Gasteiger partial charge is 0.450 e. The van der Waals surface area contributed by atoms with Gasteiger partial charge in [0.2, 0.25) is 0 Å². The van der Waals surface area contributed by atoms with Crippen LogP contribution in [-0.4, -0.2) is 42.1 Å². The number of esters is 1. The van der Waals surface area contributed by atoms with Gasteiger partial charge in [-0.3, -0.25) is 9.59 Å². The maximum absolute atomic E-state index is 12.4. The molecule has 0 fully saturated rings. The van der Waals surface area contributed by atoms with Gasteiger partial charge in [-0.1, -0.05) is 24.3 Å². The quantitative estimate of drug-likeness (QED) is 0.798. The Morgan fingerprint density at radius 1 is 1.32 bits per heavy atom. The molecule has 0 N–H and O–H groups in total. The Morgan fingerprint density at radius 2 is 1.95 bits per heavy atom. The minimum atomic E-state index is -1.16. The van der Waals surface area contributed by atoms with Crippen molar-refractivity contribution in [2.75, 3.05) is 13.6 Å². The molecule has 120 valence electrons. The Kier molecular flexibility index (Phi) is 4.86. The molecule has 5 nitrogen and oxygen atoms in total. The Hall–Kier alpha value is -1.88. The molecule has 5 heteroatoms. The number of ether oxygens (including phenoxy) is 2. The lowest BCUT2D eigenvalue weighted by Gasteiger charge is -2.33. The van der Waals surface area contributed by atoms with Crippen LogP contribution in [0.15, 0.2) is 24.3 Å². The van der Waals surface area contributed by atoms with Gasteiger partial charge >= 0.3 is 5.97 Å². The van der Waals surface area contributed by atoms with Crippen LogP contribution in [-0.2, 0) is 32.1 Å². The van der Waals surface area contributed by atoms with E-state index < -0.39 is 11.6 Å². The monoisotopic (exact) mass is 305 g/mol. The van der Waals surface area contributed by atoms with Crippen LogP contribution in [0.4, 0.5) is 0 Å². The molecule has 1 aromatic carbocycles. The van der Waals surface area contributed by atoms with E-state index in [1.165, 1.54) is 18.1 Å². The van der Waals surface area contributed by atoms with Crippen molar-refractivity contribution in [3.63, 3.8) is 0 Å². The van der Waals surface area contributed by atoms with Crippen molar-refractivity contribution in [2.24, 2.45) is 0 Å². The van der Waals surface area contributed by atoms with E-state index in [0.29, 0.717) is 13.2 Å². The first-order valence-electron chi connectivity index (χ1n) is 7.43. The van der Waals surface area contributed by atoms with Gasteiger partial charge < -0.3 is 14.4 Å². The zero-order valence-electron chi connectivity index (χ0n) is 13.6. The van der Waals surface area contributed by atoms with Crippen LogP contribution in [0.1, 0.15) is 31.9 Å². The Balaban J connectivity index is 1.97. The second-order valence-electron chi connectivity index (χ2n) is 6.20. The number of nitrogens with zero attached hydrogens (tertiary/aromatic N) is 1. The fourth-order valence-electron chi connectivity index (χ4n) is 2.78. The Bertz CT molecular complexity index is 568. The SMILES string of the molecule is CC(=O)OC(C)(C)C(=O)N(C)CC1Cc2ccccc2CO1. The van der Waals surface area contributed by atoms with E-state index in [9.17, 15) is 9.59 Å². The fourth-order valence-corrected chi connectivity index (χ4v) is 2.78. The highest BCUT2D eigenvalue weighted by molar-refractivity contribution is 5.86. The summed E-state index contributed by atoms with van der Waals surface area (Å²) in [5.74, 6) is -0.695. The first-order chi connectivity index (χ1) is 10.3. The average molecular weight is 305 g/mol. The zero-order chi connectivity index (χ0) is 16.3. The molecule has 1 aliphatic heterocycles. The summed E-state index contributed by atoms with van der Waals surface area (Å²) in [5, 5.41) is 0. The van der Waals surface area contributed by atoms with Crippen molar-refractivity contribution in [1.82, 2.24) is 4.90 Å². The van der Waals surface area contributed by atoms with Gasteiger partial charge in [0.15, 0.2) is 5.60 Å². The number of carbonyl (C=O) groups is 2. The summed E-state index contributed by atoms with van der Waals surface area (Å²) in [4.78, 5) is 25.1. The number of amides is 1. The predicted octanol–water partition coefficient (Wildman–Crippen LogP) is 1.93. The van der Waals surface area contributed by atoms with Gasteiger partial charge in [0.05, 0.1) is 12.7 Å². The van der Waals surface area contributed by atoms with Crippen molar-refractivity contribution in [3.8, 4) is 0 Å². The van der Waals surface area contributed by atoms with Crippen molar-refractivity contribution in [2.45, 2.75) is 45.5 Å². The Labute approximate surface area is 131 Å². The van der Waals surface area contributed by atoms with Gasteiger partial charge in [0.1, 0.15) is 0 Å². The maximum Gasteiger partial charge on any atom is 0.303 e. The molecule has 2 rings (SSSR count). The summed E-state index contributed by atoms with van der Waals surface area (Å²) >= 11 is 0. The molecule has 1 aromatic rings. The first-order valence-corrected chi connectivity index (χ1v) is 7.43. The fraction of sp³-hybridized carbons (Fsp3) is 0.529. The molecule has 1 aliphatic rings. The first kappa shape index (κ1) is 16.5. The molecular formula is C17H23NO4. The van der Waals surface area contributed by atoms with Crippen molar-refractivity contribution in [1.29, 1.82) is 0 Å². The molecule has 0 bridgehead atoms. The van der Waals surface area contributed by atoms with E-state index in [1.807, 2.05) is 12.1 Å². The minimum Gasteiger partial charge on any atom is -0.450 e. The van der Waals surface area contributed by atoms with Crippen molar-refractivity contribution >= 4 is 11.9 Å².